The monoisotopic (exact) mass is 169 g/mol. The number of alkyl halides is 3. The standard InChI is InChI=1S/C6H10F3NO/c1-5(2)3-11-4(10-5)6(7,8)9/h4,10H,3H2,1-2H3. The second kappa shape index (κ2) is 2.35. The molecule has 1 heterocycles. The van der Waals surface area contributed by atoms with Crippen molar-refractivity contribution in [3.05, 3.63) is 0 Å². The maximum atomic E-state index is 11.9. The Kier molecular flexibility index (Phi) is 1.88. The molecule has 0 spiro atoms. The van der Waals surface area contributed by atoms with Crippen LogP contribution in [0.1, 0.15) is 13.8 Å². The first kappa shape index (κ1) is 8.80. The SMILES string of the molecule is CC1(C)COC(C(F)(F)F)N1. The third-order valence-electron chi connectivity index (χ3n) is 1.43. The summed E-state index contributed by atoms with van der Waals surface area (Å²) in [5.74, 6) is 0. The second-order valence-corrected chi connectivity index (χ2v) is 3.26. The smallest absolute Gasteiger partial charge is 0.352 e. The lowest BCUT2D eigenvalue weighted by Crippen LogP contribution is -2.45. The lowest BCUT2D eigenvalue weighted by atomic mass is 10.1. The van der Waals surface area contributed by atoms with Gasteiger partial charge in [0.15, 0.2) is 0 Å². The molecule has 2 nitrogen and oxygen atoms in total. The predicted molar refractivity (Wildman–Crippen MR) is 33.0 cm³/mol. The molecule has 1 aliphatic heterocycles. The van der Waals surface area contributed by atoms with Gasteiger partial charge in [-0.3, -0.25) is 5.32 Å². The molecule has 0 saturated carbocycles. The summed E-state index contributed by atoms with van der Waals surface area (Å²) < 4.78 is 40.2. The number of nitrogens with one attached hydrogen (secondary N) is 1. The molecule has 5 heteroatoms. The van der Waals surface area contributed by atoms with Crippen molar-refractivity contribution in [3.63, 3.8) is 0 Å². The maximum absolute atomic E-state index is 11.9. The average Bonchev–Trinajstić information content (AvgIpc) is 2.07. The molecule has 0 aromatic carbocycles. The highest BCUT2D eigenvalue weighted by Crippen LogP contribution is 2.27. The van der Waals surface area contributed by atoms with Crippen LogP contribution < -0.4 is 5.32 Å². The van der Waals surface area contributed by atoms with Crippen LogP contribution in [0.3, 0.4) is 0 Å². The third-order valence-corrected chi connectivity index (χ3v) is 1.43. The van der Waals surface area contributed by atoms with Crippen molar-refractivity contribution >= 4 is 0 Å². The van der Waals surface area contributed by atoms with E-state index in [-0.39, 0.29) is 6.61 Å². The van der Waals surface area contributed by atoms with Crippen LogP contribution in [0.5, 0.6) is 0 Å². The molecule has 1 atom stereocenters. The third kappa shape index (κ3) is 2.07. The summed E-state index contributed by atoms with van der Waals surface area (Å²) in [5, 5.41) is 2.32. The van der Waals surface area contributed by atoms with E-state index in [2.05, 4.69) is 10.1 Å². The summed E-state index contributed by atoms with van der Waals surface area (Å²) in [6.45, 7) is 3.43. The van der Waals surface area contributed by atoms with E-state index in [0.717, 1.165) is 0 Å². The highest BCUT2D eigenvalue weighted by Gasteiger charge is 2.47. The molecule has 1 saturated heterocycles. The molecule has 1 unspecified atom stereocenters. The highest BCUT2D eigenvalue weighted by atomic mass is 19.4. The fourth-order valence-corrected chi connectivity index (χ4v) is 0.906. The normalized spacial score (nSPS) is 30.8. The molecule has 0 aromatic heterocycles. The Morgan fingerprint density at radius 3 is 2.18 bits per heavy atom. The van der Waals surface area contributed by atoms with Crippen molar-refractivity contribution < 1.29 is 17.9 Å². The van der Waals surface area contributed by atoms with Crippen molar-refractivity contribution in [3.8, 4) is 0 Å². The van der Waals surface area contributed by atoms with Crippen molar-refractivity contribution in [1.82, 2.24) is 5.32 Å². The van der Waals surface area contributed by atoms with Crippen molar-refractivity contribution in [2.24, 2.45) is 0 Å². The van der Waals surface area contributed by atoms with Gasteiger partial charge in [0.2, 0.25) is 6.23 Å². The predicted octanol–water partition coefficient (Wildman–Crippen LogP) is 1.27. The Hall–Kier alpha value is -0.290. The molecule has 0 aliphatic carbocycles. The van der Waals surface area contributed by atoms with E-state index in [1.807, 2.05) is 0 Å². The number of hydrogen-bond acceptors (Lipinski definition) is 2. The highest BCUT2D eigenvalue weighted by molar-refractivity contribution is 4.87. The second-order valence-electron chi connectivity index (χ2n) is 3.26. The Morgan fingerprint density at radius 1 is 1.45 bits per heavy atom. The Morgan fingerprint density at radius 2 is 2.00 bits per heavy atom. The van der Waals surface area contributed by atoms with Crippen LogP contribution in [0.4, 0.5) is 13.2 Å². The summed E-state index contributed by atoms with van der Waals surface area (Å²) >= 11 is 0. The minimum absolute atomic E-state index is 0.0944. The van der Waals surface area contributed by atoms with Gasteiger partial charge in [0, 0.05) is 5.54 Å². The molecule has 0 bridgehead atoms. The van der Waals surface area contributed by atoms with Crippen molar-refractivity contribution in [2.75, 3.05) is 6.61 Å². The van der Waals surface area contributed by atoms with Gasteiger partial charge in [0.05, 0.1) is 6.61 Å². The van der Waals surface area contributed by atoms with Gasteiger partial charge < -0.3 is 4.74 Å². The molecule has 1 aliphatic rings. The number of halogens is 3. The van der Waals surface area contributed by atoms with Gasteiger partial charge in [-0.15, -0.1) is 0 Å². The lowest BCUT2D eigenvalue weighted by molar-refractivity contribution is -0.212. The van der Waals surface area contributed by atoms with E-state index in [9.17, 15) is 13.2 Å². The minimum atomic E-state index is -4.30. The van der Waals surface area contributed by atoms with E-state index >= 15 is 0 Å². The van der Waals surface area contributed by atoms with Gasteiger partial charge in [0.25, 0.3) is 0 Å². The van der Waals surface area contributed by atoms with Crippen LogP contribution in [0, 0.1) is 0 Å². The molecule has 0 aromatic rings. The van der Waals surface area contributed by atoms with Crippen molar-refractivity contribution in [1.29, 1.82) is 0 Å². The quantitative estimate of drug-likeness (QED) is 0.589. The van der Waals surface area contributed by atoms with E-state index in [1.54, 1.807) is 13.8 Å². The fourth-order valence-electron chi connectivity index (χ4n) is 0.906. The first-order valence-corrected chi connectivity index (χ1v) is 3.27. The first-order chi connectivity index (χ1) is 4.81. The number of rotatable bonds is 0. The Labute approximate surface area is 62.7 Å². The van der Waals surface area contributed by atoms with E-state index in [4.69, 9.17) is 0 Å². The Bertz CT molecular complexity index is 154. The molecular weight excluding hydrogens is 159 g/mol. The van der Waals surface area contributed by atoms with E-state index < -0.39 is 17.9 Å². The largest absolute Gasteiger partial charge is 0.428 e. The summed E-state index contributed by atoms with van der Waals surface area (Å²) in [6.07, 6.45) is -6.09. The van der Waals surface area contributed by atoms with Crippen molar-refractivity contribution in [2.45, 2.75) is 31.8 Å². The zero-order chi connectivity index (χ0) is 8.70. The van der Waals surface area contributed by atoms with Crippen LogP contribution in [0.15, 0.2) is 0 Å². The molecule has 1 N–H and O–H groups in total. The van der Waals surface area contributed by atoms with Gasteiger partial charge in [-0.25, -0.2) is 0 Å². The zero-order valence-corrected chi connectivity index (χ0v) is 6.33. The first-order valence-electron chi connectivity index (χ1n) is 3.27. The zero-order valence-electron chi connectivity index (χ0n) is 6.33. The molecule has 11 heavy (non-hydrogen) atoms. The summed E-state index contributed by atoms with van der Waals surface area (Å²) in [7, 11) is 0. The van der Waals surface area contributed by atoms with Crippen LogP contribution in [-0.4, -0.2) is 24.6 Å². The lowest BCUT2D eigenvalue weighted by Gasteiger charge is -2.18. The van der Waals surface area contributed by atoms with E-state index in [0.29, 0.717) is 0 Å². The fraction of sp³-hybridized carbons (Fsp3) is 1.00. The van der Waals surface area contributed by atoms with Crippen LogP contribution in [-0.2, 0) is 4.74 Å². The molecule has 1 rings (SSSR count). The molecule has 1 fully saturated rings. The minimum Gasteiger partial charge on any atom is -0.352 e. The average molecular weight is 169 g/mol. The van der Waals surface area contributed by atoms with Gasteiger partial charge in [0.1, 0.15) is 0 Å². The molecule has 0 amide bonds. The van der Waals surface area contributed by atoms with Crippen LogP contribution in [0.2, 0.25) is 0 Å². The van der Waals surface area contributed by atoms with Gasteiger partial charge in [-0.05, 0) is 13.8 Å². The number of ether oxygens (including phenoxy) is 1. The summed E-state index contributed by atoms with van der Waals surface area (Å²) in [5.41, 5.74) is -0.569. The topological polar surface area (TPSA) is 21.3 Å². The molecule has 0 radical (unpaired) electrons. The summed E-state index contributed by atoms with van der Waals surface area (Å²) in [4.78, 5) is 0. The van der Waals surface area contributed by atoms with Crippen LogP contribution >= 0.6 is 0 Å². The van der Waals surface area contributed by atoms with Gasteiger partial charge in [-0.2, -0.15) is 13.2 Å². The van der Waals surface area contributed by atoms with Crippen LogP contribution in [0.25, 0.3) is 0 Å². The van der Waals surface area contributed by atoms with Gasteiger partial charge in [-0.1, -0.05) is 0 Å². The summed E-state index contributed by atoms with van der Waals surface area (Å²) in [6, 6.07) is 0. The maximum Gasteiger partial charge on any atom is 0.428 e. The van der Waals surface area contributed by atoms with Gasteiger partial charge >= 0.3 is 6.18 Å². The Balaban J connectivity index is 2.55. The molecular formula is C6H10F3NO. The molecule has 66 valence electrons. The van der Waals surface area contributed by atoms with E-state index in [1.165, 1.54) is 0 Å². The number of hydrogen-bond donors (Lipinski definition) is 1.